The molecule has 1 aromatic rings. The van der Waals surface area contributed by atoms with Crippen molar-refractivity contribution in [1.82, 2.24) is 4.72 Å². The summed E-state index contributed by atoms with van der Waals surface area (Å²) in [7, 11) is -3.94. The number of rotatable bonds is 6. The molecule has 20 heavy (non-hydrogen) atoms. The summed E-state index contributed by atoms with van der Waals surface area (Å²) in [6, 6.07) is 1.48. The van der Waals surface area contributed by atoms with Gasteiger partial charge in [-0.05, 0) is 32.4 Å². The lowest BCUT2D eigenvalue weighted by atomic mass is 10.1. The summed E-state index contributed by atoms with van der Waals surface area (Å²) in [6.45, 7) is 4.93. The van der Waals surface area contributed by atoms with Crippen molar-refractivity contribution in [2.45, 2.75) is 44.6 Å². The number of hydrogen-bond donors (Lipinski definition) is 2. The zero-order valence-electron chi connectivity index (χ0n) is 11.6. The summed E-state index contributed by atoms with van der Waals surface area (Å²) in [5, 5.41) is 8.87. The van der Waals surface area contributed by atoms with Crippen LogP contribution in [0, 0.1) is 12.7 Å². The fourth-order valence-corrected chi connectivity index (χ4v) is 3.43. The third-order valence-electron chi connectivity index (χ3n) is 2.91. The van der Waals surface area contributed by atoms with Crippen LogP contribution in [0.4, 0.5) is 4.39 Å². The predicted molar refractivity (Wildman–Crippen MR) is 72.8 cm³/mol. The topological polar surface area (TPSA) is 83.5 Å². The molecule has 0 aliphatic rings. The van der Waals surface area contributed by atoms with Gasteiger partial charge >= 0.3 is 5.97 Å². The lowest BCUT2D eigenvalue weighted by Gasteiger charge is -2.15. The maximum absolute atomic E-state index is 13.7. The summed E-state index contributed by atoms with van der Waals surface area (Å²) < 4.78 is 40.5. The summed E-state index contributed by atoms with van der Waals surface area (Å²) in [5.74, 6) is -2.23. The molecule has 0 fully saturated rings. The van der Waals surface area contributed by atoms with E-state index in [4.69, 9.17) is 5.11 Å². The highest BCUT2D eigenvalue weighted by atomic mass is 32.2. The van der Waals surface area contributed by atoms with Crippen molar-refractivity contribution >= 4 is 16.0 Å². The number of halogens is 1. The molecule has 0 amide bonds. The summed E-state index contributed by atoms with van der Waals surface area (Å²) in [4.78, 5) is 10.6. The third kappa shape index (κ3) is 3.77. The van der Waals surface area contributed by atoms with Gasteiger partial charge in [-0.25, -0.2) is 22.3 Å². The van der Waals surface area contributed by atoms with E-state index < -0.39 is 27.4 Å². The Hall–Kier alpha value is -1.47. The van der Waals surface area contributed by atoms with Crippen LogP contribution in [-0.4, -0.2) is 25.5 Å². The van der Waals surface area contributed by atoms with Gasteiger partial charge in [0, 0.05) is 11.6 Å². The Kier molecular flexibility index (Phi) is 5.24. The molecule has 1 unspecified atom stereocenters. The van der Waals surface area contributed by atoms with Crippen LogP contribution in [-0.2, 0) is 10.0 Å². The minimum Gasteiger partial charge on any atom is -0.478 e. The molecule has 5 nitrogen and oxygen atoms in total. The molecule has 0 aliphatic carbocycles. The number of carbonyl (C=O) groups is 1. The van der Waals surface area contributed by atoms with E-state index in [0.29, 0.717) is 6.42 Å². The molecule has 1 aromatic carbocycles. The van der Waals surface area contributed by atoms with Crippen molar-refractivity contribution in [3.63, 3.8) is 0 Å². The zero-order chi connectivity index (χ0) is 15.5. The normalized spacial score (nSPS) is 13.2. The highest BCUT2D eigenvalue weighted by Gasteiger charge is 2.23. The van der Waals surface area contributed by atoms with Gasteiger partial charge in [0.2, 0.25) is 10.0 Å². The maximum atomic E-state index is 13.7. The molecular formula is C13H18FNO4S. The van der Waals surface area contributed by atoms with E-state index >= 15 is 0 Å². The van der Waals surface area contributed by atoms with Gasteiger partial charge < -0.3 is 5.11 Å². The lowest BCUT2D eigenvalue weighted by molar-refractivity contribution is 0.0696. The SMILES string of the molecule is CCCC(C)NS(=O)(=O)c1cc(C(=O)O)cc(F)c1C. The molecular weight excluding hydrogens is 285 g/mol. The Balaban J connectivity index is 3.27. The second-order valence-electron chi connectivity index (χ2n) is 4.70. The monoisotopic (exact) mass is 303 g/mol. The Morgan fingerprint density at radius 2 is 2.05 bits per heavy atom. The lowest BCUT2D eigenvalue weighted by Crippen LogP contribution is -2.33. The molecule has 0 heterocycles. The van der Waals surface area contributed by atoms with Gasteiger partial charge in [-0.2, -0.15) is 0 Å². The van der Waals surface area contributed by atoms with Gasteiger partial charge in [0.1, 0.15) is 5.82 Å². The van der Waals surface area contributed by atoms with Gasteiger partial charge in [-0.3, -0.25) is 0 Å². The number of nitrogens with one attached hydrogen (secondary N) is 1. The number of sulfonamides is 1. The van der Waals surface area contributed by atoms with Crippen molar-refractivity contribution in [2.75, 3.05) is 0 Å². The first-order valence-electron chi connectivity index (χ1n) is 6.24. The van der Waals surface area contributed by atoms with Gasteiger partial charge in [-0.1, -0.05) is 13.3 Å². The number of aromatic carboxylic acids is 1. The first-order chi connectivity index (χ1) is 9.19. The van der Waals surface area contributed by atoms with E-state index in [1.54, 1.807) is 6.92 Å². The zero-order valence-corrected chi connectivity index (χ0v) is 12.4. The van der Waals surface area contributed by atoms with Crippen molar-refractivity contribution < 1.29 is 22.7 Å². The van der Waals surface area contributed by atoms with Crippen molar-refractivity contribution in [2.24, 2.45) is 0 Å². The standard InChI is InChI=1S/C13H18FNO4S/c1-4-5-8(2)15-20(18,19)12-7-10(13(16)17)6-11(14)9(12)3/h6-8,15H,4-5H2,1-3H3,(H,16,17). The Labute approximate surface area is 117 Å². The van der Waals surface area contributed by atoms with Crippen molar-refractivity contribution in [1.29, 1.82) is 0 Å². The van der Waals surface area contributed by atoms with Crippen LogP contribution < -0.4 is 4.72 Å². The smallest absolute Gasteiger partial charge is 0.335 e. The molecule has 0 saturated heterocycles. The minimum absolute atomic E-state index is 0.0915. The van der Waals surface area contributed by atoms with Crippen LogP contribution in [0.25, 0.3) is 0 Å². The quantitative estimate of drug-likeness (QED) is 0.844. The molecule has 0 saturated carbocycles. The van der Waals surface area contributed by atoms with Crippen LogP contribution in [0.5, 0.6) is 0 Å². The molecule has 0 bridgehead atoms. The second kappa shape index (κ2) is 6.32. The largest absolute Gasteiger partial charge is 0.478 e. The first kappa shape index (κ1) is 16.6. The Bertz CT molecular complexity index is 613. The van der Waals surface area contributed by atoms with E-state index in [1.165, 1.54) is 6.92 Å². The van der Waals surface area contributed by atoms with E-state index in [9.17, 15) is 17.6 Å². The average Bonchev–Trinajstić information content (AvgIpc) is 2.31. The van der Waals surface area contributed by atoms with Crippen molar-refractivity contribution in [3.8, 4) is 0 Å². The van der Waals surface area contributed by atoms with Gasteiger partial charge in [0.05, 0.1) is 10.5 Å². The van der Waals surface area contributed by atoms with Crippen LogP contribution >= 0.6 is 0 Å². The fraction of sp³-hybridized carbons (Fsp3) is 0.462. The summed E-state index contributed by atoms with van der Waals surface area (Å²) in [5.41, 5.74) is -0.484. The second-order valence-corrected chi connectivity index (χ2v) is 6.38. The maximum Gasteiger partial charge on any atom is 0.335 e. The fourth-order valence-electron chi connectivity index (χ4n) is 1.88. The van der Waals surface area contributed by atoms with Crippen LogP contribution in [0.3, 0.4) is 0 Å². The molecule has 0 radical (unpaired) electrons. The number of carboxylic acid groups (broad SMARTS) is 1. The molecule has 7 heteroatoms. The predicted octanol–water partition coefficient (Wildman–Crippen LogP) is 2.30. The van der Waals surface area contributed by atoms with Crippen molar-refractivity contribution in [3.05, 3.63) is 29.1 Å². The molecule has 1 rings (SSSR count). The minimum atomic E-state index is -3.94. The van der Waals surface area contributed by atoms with E-state index in [0.717, 1.165) is 18.6 Å². The number of hydrogen-bond acceptors (Lipinski definition) is 3. The summed E-state index contributed by atoms with van der Waals surface area (Å²) in [6.07, 6.45) is 1.44. The third-order valence-corrected chi connectivity index (χ3v) is 4.63. The van der Waals surface area contributed by atoms with E-state index in [2.05, 4.69) is 4.72 Å². The molecule has 1 atom stereocenters. The van der Waals surface area contributed by atoms with Crippen LogP contribution in [0.15, 0.2) is 17.0 Å². The summed E-state index contributed by atoms with van der Waals surface area (Å²) >= 11 is 0. The Morgan fingerprint density at radius 3 is 2.55 bits per heavy atom. The van der Waals surface area contributed by atoms with E-state index in [-0.39, 0.29) is 16.5 Å². The van der Waals surface area contributed by atoms with Gasteiger partial charge in [0.15, 0.2) is 0 Å². The highest BCUT2D eigenvalue weighted by Crippen LogP contribution is 2.21. The molecule has 0 aliphatic heterocycles. The van der Waals surface area contributed by atoms with Gasteiger partial charge in [0.25, 0.3) is 0 Å². The number of benzene rings is 1. The first-order valence-corrected chi connectivity index (χ1v) is 7.73. The average molecular weight is 303 g/mol. The molecule has 0 aromatic heterocycles. The highest BCUT2D eigenvalue weighted by molar-refractivity contribution is 7.89. The van der Waals surface area contributed by atoms with E-state index in [1.807, 2.05) is 6.92 Å². The van der Waals surface area contributed by atoms with Crippen LogP contribution in [0.1, 0.15) is 42.6 Å². The molecule has 0 spiro atoms. The van der Waals surface area contributed by atoms with Crippen LogP contribution in [0.2, 0.25) is 0 Å². The molecule has 112 valence electrons. The Morgan fingerprint density at radius 1 is 1.45 bits per heavy atom. The number of carboxylic acids is 1. The van der Waals surface area contributed by atoms with Gasteiger partial charge in [-0.15, -0.1) is 0 Å². The molecule has 2 N–H and O–H groups in total.